The van der Waals surface area contributed by atoms with Crippen molar-refractivity contribution in [3.8, 4) is 0 Å². The molecule has 1 aromatic rings. The van der Waals surface area contributed by atoms with Crippen molar-refractivity contribution in [2.24, 2.45) is 0 Å². The van der Waals surface area contributed by atoms with Crippen molar-refractivity contribution in [3.63, 3.8) is 0 Å². The van der Waals surface area contributed by atoms with Crippen molar-refractivity contribution in [3.05, 3.63) is 29.6 Å². The summed E-state index contributed by atoms with van der Waals surface area (Å²) in [5.41, 5.74) is 1.57. The maximum Gasteiger partial charge on any atom is 0.123 e. The SMILES string of the molecule is C[C@@H](O)c1cc(F)ccc1N(C)CC1CCCN1C. The molecule has 2 atom stereocenters. The molecule has 4 heteroatoms. The van der Waals surface area contributed by atoms with E-state index in [1.165, 1.54) is 25.0 Å². The number of aliphatic hydroxyl groups is 1. The highest BCUT2D eigenvalue weighted by Crippen LogP contribution is 2.28. The number of anilines is 1. The van der Waals surface area contributed by atoms with Crippen LogP contribution in [-0.2, 0) is 0 Å². The number of hydrogen-bond donors (Lipinski definition) is 1. The zero-order valence-corrected chi connectivity index (χ0v) is 11.9. The number of benzene rings is 1. The predicted molar refractivity (Wildman–Crippen MR) is 76.0 cm³/mol. The van der Waals surface area contributed by atoms with Gasteiger partial charge in [0.25, 0.3) is 0 Å². The monoisotopic (exact) mass is 266 g/mol. The first-order valence-corrected chi connectivity index (χ1v) is 6.88. The molecular formula is C15H23FN2O. The smallest absolute Gasteiger partial charge is 0.123 e. The van der Waals surface area contributed by atoms with Gasteiger partial charge in [0.1, 0.15) is 5.82 Å². The lowest BCUT2D eigenvalue weighted by molar-refractivity contribution is 0.199. The van der Waals surface area contributed by atoms with Crippen molar-refractivity contribution < 1.29 is 9.50 Å². The molecule has 3 nitrogen and oxygen atoms in total. The first-order valence-electron chi connectivity index (χ1n) is 6.88. The van der Waals surface area contributed by atoms with Crippen LogP contribution in [0.2, 0.25) is 0 Å². The number of hydrogen-bond acceptors (Lipinski definition) is 3. The second-order valence-electron chi connectivity index (χ2n) is 5.54. The minimum Gasteiger partial charge on any atom is -0.389 e. The quantitative estimate of drug-likeness (QED) is 0.906. The molecule has 1 heterocycles. The van der Waals surface area contributed by atoms with E-state index < -0.39 is 6.10 Å². The first-order chi connectivity index (χ1) is 8.99. The molecule has 1 saturated heterocycles. The van der Waals surface area contributed by atoms with Crippen LogP contribution in [0.25, 0.3) is 0 Å². The summed E-state index contributed by atoms with van der Waals surface area (Å²) < 4.78 is 13.3. The van der Waals surface area contributed by atoms with Crippen LogP contribution in [0, 0.1) is 5.82 Å². The molecule has 0 bridgehead atoms. The van der Waals surface area contributed by atoms with Gasteiger partial charge in [-0.2, -0.15) is 0 Å². The lowest BCUT2D eigenvalue weighted by Gasteiger charge is -2.29. The fraction of sp³-hybridized carbons (Fsp3) is 0.600. The van der Waals surface area contributed by atoms with Crippen LogP contribution in [0.3, 0.4) is 0 Å². The molecule has 106 valence electrons. The van der Waals surface area contributed by atoms with E-state index in [9.17, 15) is 9.50 Å². The Morgan fingerprint density at radius 3 is 2.84 bits per heavy atom. The third-order valence-corrected chi connectivity index (χ3v) is 4.01. The van der Waals surface area contributed by atoms with Crippen LogP contribution in [0.5, 0.6) is 0 Å². The minimum atomic E-state index is -0.658. The Bertz CT molecular complexity index is 436. The largest absolute Gasteiger partial charge is 0.389 e. The van der Waals surface area contributed by atoms with Gasteiger partial charge in [-0.15, -0.1) is 0 Å². The predicted octanol–water partition coefficient (Wildman–Crippen LogP) is 2.41. The topological polar surface area (TPSA) is 26.7 Å². The van der Waals surface area contributed by atoms with Crippen molar-refractivity contribution in [2.45, 2.75) is 31.9 Å². The summed E-state index contributed by atoms with van der Waals surface area (Å²) in [5, 5.41) is 9.79. The van der Waals surface area contributed by atoms with E-state index in [1.807, 2.05) is 7.05 Å². The van der Waals surface area contributed by atoms with Crippen LogP contribution in [0.4, 0.5) is 10.1 Å². The van der Waals surface area contributed by atoms with Crippen LogP contribution in [0.15, 0.2) is 18.2 Å². The molecule has 0 saturated carbocycles. The van der Waals surface area contributed by atoms with Gasteiger partial charge in [0, 0.05) is 30.9 Å². The second-order valence-corrected chi connectivity index (χ2v) is 5.54. The van der Waals surface area contributed by atoms with E-state index in [-0.39, 0.29) is 5.82 Å². The molecule has 0 aromatic heterocycles. The standard InChI is InChI=1S/C15H23FN2O/c1-11(19)14-9-12(16)6-7-15(14)18(3)10-13-5-4-8-17(13)2/h6-7,9,11,13,19H,4-5,8,10H2,1-3H3/t11-,13?/m1/s1. The summed E-state index contributed by atoms with van der Waals surface area (Å²) in [6.45, 7) is 3.72. The van der Waals surface area contributed by atoms with Crippen molar-refractivity contribution in [1.29, 1.82) is 0 Å². The van der Waals surface area contributed by atoms with E-state index in [0.29, 0.717) is 11.6 Å². The summed E-state index contributed by atoms with van der Waals surface area (Å²) in [5.74, 6) is -0.300. The maximum atomic E-state index is 13.3. The number of likely N-dealkylation sites (N-methyl/N-ethyl adjacent to an activating group) is 2. The van der Waals surface area contributed by atoms with Gasteiger partial charge in [-0.25, -0.2) is 4.39 Å². The highest BCUT2D eigenvalue weighted by atomic mass is 19.1. The molecule has 0 amide bonds. The molecule has 0 spiro atoms. The lowest BCUT2D eigenvalue weighted by Crippen LogP contribution is -2.37. The number of likely N-dealkylation sites (tertiary alicyclic amines) is 1. The summed E-state index contributed by atoms with van der Waals surface area (Å²) >= 11 is 0. The van der Waals surface area contributed by atoms with E-state index in [4.69, 9.17) is 0 Å². The fourth-order valence-electron chi connectivity index (χ4n) is 2.83. The summed E-state index contributed by atoms with van der Waals surface area (Å²) in [6.07, 6.45) is 1.78. The number of nitrogens with zero attached hydrogens (tertiary/aromatic N) is 2. The molecule has 1 aromatic carbocycles. The van der Waals surface area contributed by atoms with Gasteiger partial charge in [0.05, 0.1) is 6.10 Å². The summed E-state index contributed by atoms with van der Waals surface area (Å²) in [7, 11) is 4.15. The zero-order valence-electron chi connectivity index (χ0n) is 11.9. The van der Waals surface area contributed by atoms with Gasteiger partial charge in [-0.1, -0.05) is 0 Å². The first kappa shape index (κ1) is 14.3. The molecule has 19 heavy (non-hydrogen) atoms. The van der Waals surface area contributed by atoms with Gasteiger partial charge in [0.15, 0.2) is 0 Å². The van der Waals surface area contributed by atoms with Gasteiger partial charge in [-0.3, -0.25) is 0 Å². The van der Waals surface area contributed by atoms with Crippen LogP contribution < -0.4 is 4.90 Å². The Hall–Kier alpha value is -1.13. The molecule has 0 aliphatic carbocycles. The number of aliphatic hydroxyl groups excluding tert-OH is 1. The summed E-state index contributed by atoms with van der Waals surface area (Å²) in [6, 6.07) is 5.17. The molecule has 0 radical (unpaired) electrons. The van der Waals surface area contributed by atoms with Gasteiger partial charge in [0.2, 0.25) is 0 Å². The third kappa shape index (κ3) is 3.25. The van der Waals surface area contributed by atoms with Crippen LogP contribution >= 0.6 is 0 Å². The summed E-state index contributed by atoms with van der Waals surface area (Å²) in [4.78, 5) is 4.48. The Morgan fingerprint density at radius 1 is 1.53 bits per heavy atom. The highest BCUT2D eigenvalue weighted by molar-refractivity contribution is 5.54. The number of halogens is 1. The number of rotatable bonds is 4. The van der Waals surface area contributed by atoms with E-state index >= 15 is 0 Å². The van der Waals surface area contributed by atoms with E-state index in [2.05, 4.69) is 16.8 Å². The van der Waals surface area contributed by atoms with Gasteiger partial charge < -0.3 is 14.9 Å². The minimum absolute atomic E-state index is 0.300. The molecule has 2 rings (SSSR count). The van der Waals surface area contributed by atoms with Gasteiger partial charge >= 0.3 is 0 Å². The Balaban J connectivity index is 2.16. The third-order valence-electron chi connectivity index (χ3n) is 4.01. The van der Waals surface area contributed by atoms with Crippen molar-refractivity contribution in [1.82, 2.24) is 4.90 Å². The molecule has 1 fully saturated rings. The maximum absolute atomic E-state index is 13.3. The Kier molecular flexibility index (Phi) is 4.42. The molecule has 1 unspecified atom stereocenters. The molecule has 1 aliphatic heterocycles. The van der Waals surface area contributed by atoms with E-state index in [1.54, 1.807) is 13.0 Å². The normalized spacial score (nSPS) is 21.6. The van der Waals surface area contributed by atoms with Crippen LogP contribution in [0.1, 0.15) is 31.4 Å². The van der Waals surface area contributed by atoms with E-state index in [0.717, 1.165) is 18.8 Å². The molecular weight excluding hydrogens is 243 g/mol. The Labute approximate surface area is 114 Å². The highest BCUT2D eigenvalue weighted by Gasteiger charge is 2.23. The fourth-order valence-corrected chi connectivity index (χ4v) is 2.83. The molecule has 1 aliphatic rings. The lowest BCUT2D eigenvalue weighted by atomic mass is 10.1. The van der Waals surface area contributed by atoms with Gasteiger partial charge in [-0.05, 0) is 51.6 Å². The average Bonchev–Trinajstić information content (AvgIpc) is 2.74. The van der Waals surface area contributed by atoms with Crippen molar-refractivity contribution >= 4 is 5.69 Å². The zero-order chi connectivity index (χ0) is 14.0. The van der Waals surface area contributed by atoms with Crippen molar-refractivity contribution in [2.75, 3.05) is 32.1 Å². The molecule has 1 N–H and O–H groups in total. The second kappa shape index (κ2) is 5.88. The average molecular weight is 266 g/mol. The Morgan fingerprint density at radius 2 is 2.26 bits per heavy atom. The van der Waals surface area contributed by atoms with Crippen LogP contribution in [-0.4, -0.2) is 43.2 Å².